The maximum atomic E-state index is 5.38. The lowest BCUT2D eigenvalue weighted by Gasteiger charge is -2.22. The summed E-state index contributed by atoms with van der Waals surface area (Å²) in [4.78, 5) is 0. The summed E-state index contributed by atoms with van der Waals surface area (Å²) < 4.78 is 5.38. The van der Waals surface area contributed by atoms with Gasteiger partial charge in [0.2, 0.25) is 0 Å². The lowest BCUT2D eigenvalue weighted by Crippen LogP contribution is -2.25. The number of hydrogen-bond acceptors (Lipinski definition) is 1. The summed E-state index contributed by atoms with van der Waals surface area (Å²) in [6.07, 6.45) is 0.963. The monoisotopic (exact) mass is 178 g/mol. The van der Waals surface area contributed by atoms with Gasteiger partial charge in [-0.1, -0.05) is 29.8 Å². The van der Waals surface area contributed by atoms with E-state index in [-0.39, 0.29) is 5.60 Å². The van der Waals surface area contributed by atoms with Crippen LogP contribution >= 0.6 is 0 Å². The minimum absolute atomic E-state index is 0.0617. The van der Waals surface area contributed by atoms with Crippen LogP contribution < -0.4 is 0 Å². The summed E-state index contributed by atoms with van der Waals surface area (Å²) in [5.74, 6) is 0. The van der Waals surface area contributed by atoms with E-state index in [0.717, 1.165) is 6.42 Å². The van der Waals surface area contributed by atoms with E-state index in [0.29, 0.717) is 0 Å². The Labute approximate surface area is 80.7 Å². The fraction of sp³-hybridized carbons (Fsp3) is 0.500. The maximum absolute atomic E-state index is 5.38. The second kappa shape index (κ2) is 3.93. The molecule has 0 atom stereocenters. The third kappa shape index (κ3) is 3.19. The molecule has 0 bridgehead atoms. The van der Waals surface area contributed by atoms with E-state index < -0.39 is 0 Å². The maximum Gasteiger partial charge on any atom is 0.0662 e. The van der Waals surface area contributed by atoms with Crippen molar-refractivity contribution in [2.45, 2.75) is 32.8 Å². The smallest absolute Gasteiger partial charge is 0.0662 e. The van der Waals surface area contributed by atoms with E-state index in [1.165, 1.54) is 11.1 Å². The van der Waals surface area contributed by atoms with E-state index in [1.807, 2.05) is 0 Å². The molecule has 0 heterocycles. The number of ether oxygens (including phenoxy) is 1. The predicted molar refractivity (Wildman–Crippen MR) is 56.0 cm³/mol. The van der Waals surface area contributed by atoms with Crippen molar-refractivity contribution < 1.29 is 4.74 Å². The molecule has 0 saturated carbocycles. The Bertz CT molecular complexity index is 276. The fourth-order valence-electron chi connectivity index (χ4n) is 1.39. The fourth-order valence-corrected chi connectivity index (χ4v) is 1.39. The molecule has 0 saturated heterocycles. The molecule has 0 aromatic heterocycles. The zero-order valence-electron chi connectivity index (χ0n) is 8.92. The number of benzene rings is 1. The zero-order valence-corrected chi connectivity index (χ0v) is 8.92. The van der Waals surface area contributed by atoms with Crippen LogP contribution in [0.25, 0.3) is 0 Å². The SMILES string of the molecule is COC(C)(C)Cc1cccc(C)c1. The quantitative estimate of drug-likeness (QED) is 0.691. The van der Waals surface area contributed by atoms with Crippen LogP contribution in [0.15, 0.2) is 24.3 Å². The van der Waals surface area contributed by atoms with Gasteiger partial charge in [0.15, 0.2) is 0 Å². The molecule has 13 heavy (non-hydrogen) atoms. The van der Waals surface area contributed by atoms with Gasteiger partial charge >= 0.3 is 0 Å². The van der Waals surface area contributed by atoms with Crippen molar-refractivity contribution in [3.05, 3.63) is 35.4 Å². The molecule has 72 valence electrons. The molecule has 0 N–H and O–H groups in total. The summed E-state index contributed by atoms with van der Waals surface area (Å²) in [5, 5.41) is 0. The Kier molecular flexibility index (Phi) is 3.10. The molecule has 0 aliphatic carbocycles. The molecule has 1 aromatic carbocycles. The van der Waals surface area contributed by atoms with Crippen LogP contribution in [0.3, 0.4) is 0 Å². The van der Waals surface area contributed by atoms with Gasteiger partial charge < -0.3 is 4.74 Å². The molecule has 1 aromatic rings. The summed E-state index contributed by atoms with van der Waals surface area (Å²) >= 11 is 0. The molecule has 0 unspecified atom stereocenters. The van der Waals surface area contributed by atoms with Crippen LogP contribution in [0.1, 0.15) is 25.0 Å². The van der Waals surface area contributed by atoms with Crippen LogP contribution in [0.4, 0.5) is 0 Å². The Morgan fingerprint density at radius 3 is 2.54 bits per heavy atom. The van der Waals surface area contributed by atoms with Gasteiger partial charge in [0.25, 0.3) is 0 Å². The van der Waals surface area contributed by atoms with Gasteiger partial charge in [-0.05, 0) is 26.3 Å². The summed E-state index contributed by atoms with van der Waals surface area (Å²) in [7, 11) is 1.76. The summed E-state index contributed by atoms with van der Waals surface area (Å²) in [6.45, 7) is 6.33. The summed E-state index contributed by atoms with van der Waals surface area (Å²) in [5.41, 5.74) is 2.59. The Hall–Kier alpha value is -0.820. The molecule has 0 fully saturated rings. The van der Waals surface area contributed by atoms with Gasteiger partial charge in [-0.2, -0.15) is 0 Å². The first-order valence-electron chi connectivity index (χ1n) is 4.64. The molecule has 0 aliphatic heterocycles. The summed E-state index contributed by atoms with van der Waals surface area (Å²) in [6, 6.07) is 8.56. The normalized spacial score (nSPS) is 11.7. The van der Waals surface area contributed by atoms with Crippen LogP contribution in [-0.2, 0) is 11.2 Å². The first-order chi connectivity index (χ1) is 6.03. The number of methoxy groups -OCH3 is 1. The van der Waals surface area contributed by atoms with E-state index in [9.17, 15) is 0 Å². The van der Waals surface area contributed by atoms with Crippen LogP contribution in [-0.4, -0.2) is 12.7 Å². The molecule has 0 aliphatic rings. The van der Waals surface area contributed by atoms with Crippen molar-refractivity contribution in [3.63, 3.8) is 0 Å². The Morgan fingerprint density at radius 2 is 2.00 bits per heavy atom. The van der Waals surface area contributed by atoms with Crippen molar-refractivity contribution in [2.24, 2.45) is 0 Å². The molecule has 0 spiro atoms. The van der Waals surface area contributed by atoms with Crippen molar-refractivity contribution in [2.75, 3.05) is 7.11 Å². The largest absolute Gasteiger partial charge is 0.378 e. The van der Waals surface area contributed by atoms with Crippen molar-refractivity contribution >= 4 is 0 Å². The van der Waals surface area contributed by atoms with E-state index in [2.05, 4.69) is 45.0 Å². The lowest BCUT2D eigenvalue weighted by molar-refractivity contribution is 0.0232. The van der Waals surface area contributed by atoms with Crippen molar-refractivity contribution in [1.82, 2.24) is 0 Å². The number of hydrogen-bond donors (Lipinski definition) is 0. The first kappa shape index (κ1) is 10.3. The van der Waals surface area contributed by atoms with Crippen LogP contribution in [0, 0.1) is 6.92 Å². The van der Waals surface area contributed by atoms with Gasteiger partial charge in [-0.3, -0.25) is 0 Å². The Balaban J connectivity index is 2.74. The van der Waals surface area contributed by atoms with Gasteiger partial charge in [-0.25, -0.2) is 0 Å². The number of aryl methyl sites for hydroxylation is 1. The lowest BCUT2D eigenvalue weighted by atomic mass is 9.97. The van der Waals surface area contributed by atoms with Crippen molar-refractivity contribution in [3.8, 4) is 0 Å². The van der Waals surface area contributed by atoms with E-state index >= 15 is 0 Å². The van der Waals surface area contributed by atoms with Gasteiger partial charge in [0, 0.05) is 13.5 Å². The van der Waals surface area contributed by atoms with Crippen molar-refractivity contribution in [1.29, 1.82) is 0 Å². The van der Waals surface area contributed by atoms with Crippen LogP contribution in [0.2, 0.25) is 0 Å². The minimum Gasteiger partial charge on any atom is -0.378 e. The second-order valence-corrected chi connectivity index (χ2v) is 4.13. The highest BCUT2D eigenvalue weighted by Crippen LogP contribution is 2.16. The standard InChI is InChI=1S/C12H18O/c1-10-6-5-7-11(8-10)9-12(2,3)13-4/h5-8H,9H2,1-4H3. The average molecular weight is 178 g/mol. The number of rotatable bonds is 3. The molecular weight excluding hydrogens is 160 g/mol. The average Bonchev–Trinajstić information content (AvgIpc) is 2.03. The van der Waals surface area contributed by atoms with E-state index in [4.69, 9.17) is 4.74 Å². The zero-order chi connectivity index (χ0) is 9.90. The highest BCUT2D eigenvalue weighted by molar-refractivity contribution is 5.23. The first-order valence-corrected chi connectivity index (χ1v) is 4.64. The topological polar surface area (TPSA) is 9.23 Å². The molecular formula is C12H18O. The second-order valence-electron chi connectivity index (χ2n) is 4.13. The molecule has 1 nitrogen and oxygen atoms in total. The van der Waals surface area contributed by atoms with Gasteiger partial charge in [0.1, 0.15) is 0 Å². The van der Waals surface area contributed by atoms with Crippen LogP contribution in [0.5, 0.6) is 0 Å². The van der Waals surface area contributed by atoms with Gasteiger partial charge in [0.05, 0.1) is 5.60 Å². The predicted octanol–water partition coefficient (Wildman–Crippen LogP) is 2.96. The molecule has 0 radical (unpaired) electrons. The molecule has 0 amide bonds. The third-order valence-electron chi connectivity index (χ3n) is 2.26. The highest BCUT2D eigenvalue weighted by atomic mass is 16.5. The molecule has 1 rings (SSSR count). The third-order valence-corrected chi connectivity index (χ3v) is 2.26. The molecule has 1 heteroatoms. The van der Waals surface area contributed by atoms with Gasteiger partial charge in [-0.15, -0.1) is 0 Å². The van der Waals surface area contributed by atoms with E-state index in [1.54, 1.807) is 7.11 Å². The minimum atomic E-state index is -0.0617. The Morgan fingerprint density at radius 1 is 1.31 bits per heavy atom. The highest BCUT2D eigenvalue weighted by Gasteiger charge is 2.16.